The summed E-state index contributed by atoms with van der Waals surface area (Å²) in [7, 11) is 0. The van der Waals surface area contributed by atoms with E-state index < -0.39 is 0 Å². The molecular formula is C18H20N6O. The van der Waals surface area contributed by atoms with E-state index in [0.717, 1.165) is 19.5 Å². The summed E-state index contributed by atoms with van der Waals surface area (Å²) in [6, 6.07) is 7.24. The van der Waals surface area contributed by atoms with Crippen molar-refractivity contribution in [2.45, 2.75) is 19.8 Å². The number of piperidine rings is 1. The number of carbonyl (C=O) groups is 1. The van der Waals surface area contributed by atoms with Crippen molar-refractivity contribution >= 4 is 17.2 Å². The normalized spacial score (nSPS) is 17.8. The van der Waals surface area contributed by atoms with Gasteiger partial charge < -0.3 is 10.6 Å². The van der Waals surface area contributed by atoms with Gasteiger partial charge in [0.2, 0.25) is 5.82 Å². The Bertz CT molecular complexity index is 920. The molecule has 3 aromatic heterocycles. The van der Waals surface area contributed by atoms with E-state index in [1.165, 1.54) is 6.42 Å². The van der Waals surface area contributed by atoms with Crippen LogP contribution in [0.4, 0.5) is 5.69 Å². The molecule has 7 nitrogen and oxygen atoms in total. The maximum atomic E-state index is 12.8. The minimum atomic E-state index is -0.00460. The van der Waals surface area contributed by atoms with Gasteiger partial charge in [-0.25, -0.2) is 9.50 Å². The van der Waals surface area contributed by atoms with Gasteiger partial charge in [0, 0.05) is 25.5 Å². The third-order valence-electron chi connectivity index (χ3n) is 4.55. The van der Waals surface area contributed by atoms with Gasteiger partial charge >= 0.3 is 0 Å². The van der Waals surface area contributed by atoms with Crippen molar-refractivity contribution in [3.63, 3.8) is 0 Å². The van der Waals surface area contributed by atoms with Gasteiger partial charge in [0.15, 0.2) is 5.65 Å². The molecule has 4 heterocycles. The highest BCUT2D eigenvalue weighted by molar-refractivity contribution is 5.95. The number of nitrogens with two attached hydrogens (primary N) is 1. The van der Waals surface area contributed by atoms with E-state index in [-0.39, 0.29) is 5.91 Å². The molecule has 0 radical (unpaired) electrons. The second-order valence-electron chi connectivity index (χ2n) is 6.60. The number of fused-ring (bicyclic) bond motifs is 1. The van der Waals surface area contributed by atoms with Crippen LogP contribution < -0.4 is 5.73 Å². The first kappa shape index (κ1) is 15.6. The zero-order valence-corrected chi connectivity index (χ0v) is 14.1. The second-order valence-corrected chi connectivity index (χ2v) is 6.60. The molecule has 0 spiro atoms. The smallest absolute Gasteiger partial charge is 0.255 e. The van der Waals surface area contributed by atoms with Crippen molar-refractivity contribution in [1.82, 2.24) is 24.5 Å². The number of carbonyl (C=O) groups excluding carboxylic acids is 1. The molecule has 1 saturated heterocycles. The zero-order chi connectivity index (χ0) is 17.4. The van der Waals surface area contributed by atoms with Crippen molar-refractivity contribution in [2.24, 2.45) is 5.92 Å². The van der Waals surface area contributed by atoms with E-state index >= 15 is 0 Å². The van der Waals surface area contributed by atoms with E-state index in [1.54, 1.807) is 23.0 Å². The van der Waals surface area contributed by atoms with Crippen LogP contribution in [0.1, 0.15) is 30.1 Å². The molecule has 2 N–H and O–H groups in total. The third-order valence-corrected chi connectivity index (χ3v) is 4.55. The average Bonchev–Trinajstić information content (AvgIpc) is 3.07. The van der Waals surface area contributed by atoms with Gasteiger partial charge in [-0.05, 0) is 37.0 Å². The fourth-order valence-corrected chi connectivity index (χ4v) is 3.29. The number of nitrogens with zero attached hydrogens (tertiary/aromatic N) is 5. The summed E-state index contributed by atoms with van der Waals surface area (Å²) in [5.41, 5.74) is 8.30. The molecule has 4 rings (SSSR count). The van der Waals surface area contributed by atoms with Crippen molar-refractivity contribution < 1.29 is 4.79 Å². The molecule has 1 unspecified atom stereocenters. The Balaban J connectivity index is 1.70. The van der Waals surface area contributed by atoms with Crippen molar-refractivity contribution in [3.05, 3.63) is 42.2 Å². The number of likely N-dealkylation sites (tertiary alicyclic amines) is 1. The SMILES string of the molecule is CC1CCCN(C(=O)c2cc(N)c3nc(-c4ccccn4)nn3c2)C1. The summed E-state index contributed by atoms with van der Waals surface area (Å²) in [4.78, 5) is 23.4. The first-order chi connectivity index (χ1) is 12.1. The van der Waals surface area contributed by atoms with E-state index in [0.29, 0.717) is 34.3 Å². The fourth-order valence-electron chi connectivity index (χ4n) is 3.29. The molecule has 0 bridgehead atoms. The predicted molar refractivity (Wildman–Crippen MR) is 94.9 cm³/mol. The summed E-state index contributed by atoms with van der Waals surface area (Å²) < 4.78 is 1.57. The number of hydrogen-bond acceptors (Lipinski definition) is 5. The lowest BCUT2D eigenvalue weighted by molar-refractivity contribution is 0.0682. The van der Waals surface area contributed by atoms with Crippen LogP contribution >= 0.6 is 0 Å². The molecule has 25 heavy (non-hydrogen) atoms. The number of aromatic nitrogens is 4. The molecule has 1 amide bonds. The number of amides is 1. The van der Waals surface area contributed by atoms with Crippen LogP contribution in [0.5, 0.6) is 0 Å². The number of hydrogen-bond donors (Lipinski definition) is 1. The lowest BCUT2D eigenvalue weighted by atomic mass is 10.00. The van der Waals surface area contributed by atoms with Gasteiger partial charge in [0.25, 0.3) is 5.91 Å². The predicted octanol–water partition coefficient (Wildman–Crippen LogP) is 2.25. The highest BCUT2D eigenvalue weighted by Gasteiger charge is 2.23. The van der Waals surface area contributed by atoms with E-state index in [9.17, 15) is 4.79 Å². The van der Waals surface area contributed by atoms with Crippen molar-refractivity contribution in [2.75, 3.05) is 18.8 Å². The van der Waals surface area contributed by atoms with E-state index in [1.807, 2.05) is 23.1 Å². The topological polar surface area (TPSA) is 89.4 Å². The minimum absolute atomic E-state index is 0.00460. The second kappa shape index (κ2) is 6.16. The standard InChI is InChI=1S/C18H20N6O/c1-12-5-4-8-23(10-12)18(25)13-9-14(19)17-21-16(22-24(17)11-13)15-6-2-3-7-20-15/h2-3,6-7,9,11-12H,4-5,8,10,19H2,1H3. The molecule has 1 aliphatic rings. The average molecular weight is 336 g/mol. The van der Waals surface area contributed by atoms with Crippen LogP contribution in [-0.2, 0) is 0 Å². The van der Waals surface area contributed by atoms with Crippen LogP contribution in [-0.4, -0.2) is 43.5 Å². The molecule has 0 aromatic carbocycles. The Kier molecular flexibility index (Phi) is 3.83. The molecule has 1 aliphatic heterocycles. The Morgan fingerprint density at radius 2 is 2.24 bits per heavy atom. The van der Waals surface area contributed by atoms with Crippen LogP contribution in [0.25, 0.3) is 17.2 Å². The van der Waals surface area contributed by atoms with E-state index in [2.05, 4.69) is 22.0 Å². The molecule has 3 aromatic rings. The molecule has 128 valence electrons. The minimum Gasteiger partial charge on any atom is -0.396 e. The van der Waals surface area contributed by atoms with Crippen molar-refractivity contribution in [1.29, 1.82) is 0 Å². The van der Waals surface area contributed by atoms with Crippen molar-refractivity contribution in [3.8, 4) is 11.5 Å². The maximum Gasteiger partial charge on any atom is 0.255 e. The lowest BCUT2D eigenvalue weighted by Crippen LogP contribution is -2.39. The van der Waals surface area contributed by atoms with Gasteiger partial charge in [0.1, 0.15) is 5.69 Å². The summed E-state index contributed by atoms with van der Waals surface area (Å²) in [6.45, 7) is 3.75. The number of pyridine rings is 2. The highest BCUT2D eigenvalue weighted by atomic mass is 16.2. The summed E-state index contributed by atoms with van der Waals surface area (Å²) >= 11 is 0. The Hall–Kier alpha value is -2.96. The molecule has 1 atom stereocenters. The summed E-state index contributed by atoms with van der Waals surface area (Å²) in [5.74, 6) is 1.01. The molecule has 0 aliphatic carbocycles. The monoisotopic (exact) mass is 336 g/mol. The quantitative estimate of drug-likeness (QED) is 0.775. The Morgan fingerprint density at radius 3 is 3.00 bits per heavy atom. The lowest BCUT2D eigenvalue weighted by Gasteiger charge is -2.31. The Labute approximate surface area is 145 Å². The molecular weight excluding hydrogens is 316 g/mol. The first-order valence-electron chi connectivity index (χ1n) is 8.48. The van der Waals surface area contributed by atoms with Gasteiger partial charge in [-0.3, -0.25) is 9.78 Å². The van der Waals surface area contributed by atoms with Crippen LogP contribution in [0.2, 0.25) is 0 Å². The summed E-state index contributed by atoms with van der Waals surface area (Å²) in [5, 5.41) is 4.44. The maximum absolute atomic E-state index is 12.8. The van der Waals surface area contributed by atoms with Gasteiger partial charge in [-0.1, -0.05) is 13.0 Å². The van der Waals surface area contributed by atoms with Gasteiger partial charge in [0.05, 0.1) is 11.3 Å². The fraction of sp³-hybridized carbons (Fsp3) is 0.333. The number of anilines is 1. The van der Waals surface area contributed by atoms with Gasteiger partial charge in [-0.2, -0.15) is 0 Å². The molecule has 1 fully saturated rings. The largest absolute Gasteiger partial charge is 0.396 e. The first-order valence-corrected chi connectivity index (χ1v) is 8.48. The zero-order valence-electron chi connectivity index (χ0n) is 14.1. The number of nitrogen functional groups attached to an aromatic ring is 1. The van der Waals surface area contributed by atoms with Crippen LogP contribution in [0.3, 0.4) is 0 Å². The Morgan fingerprint density at radius 1 is 1.36 bits per heavy atom. The summed E-state index contributed by atoms with van der Waals surface area (Å²) in [6.07, 6.45) is 5.60. The van der Waals surface area contributed by atoms with E-state index in [4.69, 9.17) is 5.73 Å². The highest BCUT2D eigenvalue weighted by Crippen LogP contribution is 2.22. The third kappa shape index (κ3) is 2.93. The van der Waals surface area contributed by atoms with Crippen LogP contribution in [0, 0.1) is 5.92 Å². The molecule has 7 heteroatoms. The number of rotatable bonds is 2. The van der Waals surface area contributed by atoms with Crippen LogP contribution in [0.15, 0.2) is 36.7 Å². The van der Waals surface area contributed by atoms with Gasteiger partial charge in [-0.15, -0.1) is 5.10 Å². The molecule has 0 saturated carbocycles.